The number of hydrogen-bond acceptors (Lipinski definition) is 4. The highest BCUT2D eigenvalue weighted by Gasteiger charge is 2.41. The van der Waals surface area contributed by atoms with Gasteiger partial charge in [0, 0.05) is 6.42 Å². The molecule has 26 heavy (non-hydrogen) atoms. The zero-order valence-corrected chi connectivity index (χ0v) is 16.8. The molecule has 0 atom stereocenters. The Labute approximate surface area is 160 Å². The molecule has 4 heteroatoms. The molecule has 1 aliphatic heterocycles. The minimum atomic E-state index is -0.751. The number of hydrogen-bond donors (Lipinski definition) is 1. The second-order valence-electron chi connectivity index (χ2n) is 7.64. The second kappa shape index (κ2) is 15.2. The first-order valence-electron chi connectivity index (χ1n) is 10.8. The second-order valence-corrected chi connectivity index (χ2v) is 7.64. The van der Waals surface area contributed by atoms with E-state index in [2.05, 4.69) is 19.1 Å². The molecule has 0 aromatic heterocycles. The van der Waals surface area contributed by atoms with Crippen LogP contribution in [0.25, 0.3) is 0 Å². The van der Waals surface area contributed by atoms with Gasteiger partial charge in [-0.2, -0.15) is 0 Å². The molecule has 0 aromatic rings. The Morgan fingerprint density at radius 2 is 1.46 bits per heavy atom. The van der Waals surface area contributed by atoms with Crippen molar-refractivity contribution in [2.24, 2.45) is 0 Å². The van der Waals surface area contributed by atoms with Crippen molar-refractivity contribution in [2.75, 3.05) is 19.8 Å². The van der Waals surface area contributed by atoms with Crippen LogP contribution in [0.3, 0.4) is 0 Å². The van der Waals surface area contributed by atoms with E-state index >= 15 is 0 Å². The summed E-state index contributed by atoms with van der Waals surface area (Å²) in [5.74, 6) is -0.208. The molecule has 1 N–H and O–H groups in total. The molecular formula is C22H40O4. The molecular weight excluding hydrogens is 328 g/mol. The average molecular weight is 369 g/mol. The highest BCUT2D eigenvalue weighted by atomic mass is 16.6. The largest absolute Gasteiger partial charge is 0.452 e. The highest BCUT2D eigenvalue weighted by molar-refractivity contribution is 5.70. The minimum Gasteiger partial charge on any atom is -0.452 e. The number of rotatable bonds is 17. The Hall–Kier alpha value is -0.870. The van der Waals surface area contributed by atoms with Crippen LogP contribution in [-0.2, 0) is 14.3 Å². The van der Waals surface area contributed by atoms with E-state index in [0.717, 1.165) is 12.8 Å². The number of carbonyl (C=O) groups is 1. The van der Waals surface area contributed by atoms with E-state index in [1.165, 1.54) is 70.6 Å². The lowest BCUT2D eigenvalue weighted by Crippen LogP contribution is -2.55. The SMILES string of the molecule is CCCCCCCCC=CCCCCCCCC(=O)OC1(CO)COC1. The van der Waals surface area contributed by atoms with Crippen LogP contribution in [0.5, 0.6) is 0 Å². The van der Waals surface area contributed by atoms with E-state index in [1.54, 1.807) is 0 Å². The molecule has 1 rings (SSSR count). The van der Waals surface area contributed by atoms with Gasteiger partial charge in [-0.15, -0.1) is 0 Å². The summed E-state index contributed by atoms with van der Waals surface area (Å²) in [6, 6.07) is 0. The van der Waals surface area contributed by atoms with E-state index in [9.17, 15) is 9.90 Å². The lowest BCUT2D eigenvalue weighted by atomic mass is 10.0. The van der Waals surface area contributed by atoms with Crippen LogP contribution in [0.15, 0.2) is 12.2 Å². The smallest absolute Gasteiger partial charge is 0.306 e. The summed E-state index contributed by atoms with van der Waals surface area (Å²) in [6.07, 6.45) is 21.3. The number of aliphatic hydroxyl groups excluding tert-OH is 1. The molecule has 0 radical (unpaired) electrons. The Bertz CT molecular complexity index is 369. The van der Waals surface area contributed by atoms with Gasteiger partial charge >= 0.3 is 5.97 Å². The lowest BCUT2D eigenvalue weighted by Gasteiger charge is -2.38. The summed E-state index contributed by atoms with van der Waals surface area (Å²) in [5.41, 5.74) is -0.751. The minimum absolute atomic E-state index is 0.148. The van der Waals surface area contributed by atoms with Crippen LogP contribution in [0.2, 0.25) is 0 Å². The summed E-state index contributed by atoms with van der Waals surface area (Å²) >= 11 is 0. The first-order valence-corrected chi connectivity index (χ1v) is 10.8. The third kappa shape index (κ3) is 11.0. The zero-order valence-electron chi connectivity index (χ0n) is 16.8. The molecule has 152 valence electrons. The molecule has 0 amide bonds. The van der Waals surface area contributed by atoms with Crippen molar-refractivity contribution >= 4 is 5.97 Å². The van der Waals surface area contributed by atoms with Crippen molar-refractivity contribution in [1.29, 1.82) is 0 Å². The summed E-state index contributed by atoms with van der Waals surface area (Å²) in [4.78, 5) is 11.7. The predicted molar refractivity (Wildman–Crippen MR) is 106 cm³/mol. The Kier molecular flexibility index (Phi) is 13.6. The van der Waals surface area contributed by atoms with E-state index < -0.39 is 5.60 Å². The number of ether oxygens (including phenoxy) is 2. The third-order valence-electron chi connectivity index (χ3n) is 4.99. The first-order chi connectivity index (χ1) is 12.7. The fourth-order valence-corrected chi connectivity index (χ4v) is 3.14. The molecule has 4 nitrogen and oxygen atoms in total. The number of esters is 1. The maximum absolute atomic E-state index is 11.7. The monoisotopic (exact) mass is 368 g/mol. The zero-order chi connectivity index (χ0) is 18.9. The summed E-state index contributed by atoms with van der Waals surface area (Å²) < 4.78 is 10.3. The third-order valence-corrected chi connectivity index (χ3v) is 4.99. The van der Waals surface area contributed by atoms with Gasteiger partial charge in [0.2, 0.25) is 0 Å². The number of aliphatic hydroxyl groups is 1. The maximum Gasteiger partial charge on any atom is 0.306 e. The molecule has 1 aliphatic rings. The molecule has 1 saturated heterocycles. The van der Waals surface area contributed by atoms with Crippen LogP contribution < -0.4 is 0 Å². The Morgan fingerprint density at radius 3 is 1.96 bits per heavy atom. The van der Waals surface area contributed by atoms with E-state index in [1.807, 2.05) is 0 Å². The normalized spacial score (nSPS) is 15.9. The maximum atomic E-state index is 11.7. The Balaban J connectivity index is 1.81. The van der Waals surface area contributed by atoms with Gasteiger partial charge in [-0.05, 0) is 32.1 Å². The van der Waals surface area contributed by atoms with Crippen molar-refractivity contribution in [2.45, 2.75) is 102 Å². The van der Waals surface area contributed by atoms with Gasteiger partial charge in [-0.25, -0.2) is 0 Å². The molecule has 1 heterocycles. The lowest BCUT2D eigenvalue weighted by molar-refractivity contribution is -0.224. The van der Waals surface area contributed by atoms with Gasteiger partial charge in [-0.3, -0.25) is 4.79 Å². The van der Waals surface area contributed by atoms with Gasteiger partial charge in [0.15, 0.2) is 5.60 Å². The number of allylic oxidation sites excluding steroid dienone is 2. The predicted octanol–water partition coefficient (Wildman–Crippen LogP) is 5.33. The standard InChI is InChI=1S/C22H40O4/c1-2-3-4-5-6-7-8-9-10-11-12-13-14-15-16-17-21(24)26-22(18-23)19-25-20-22/h9-10,23H,2-8,11-20H2,1H3. The average Bonchev–Trinajstić information content (AvgIpc) is 2.61. The molecule has 0 bridgehead atoms. The fourth-order valence-electron chi connectivity index (χ4n) is 3.14. The first kappa shape index (κ1) is 23.2. The van der Waals surface area contributed by atoms with Gasteiger partial charge in [0.05, 0.1) is 19.8 Å². The molecule has 0 saturated carbocycles. The molecule has 0 spiro atoms. The van der Waals surface area contributed by atoms with Gasteiger partial charge in [-0.1, -0.05) is 70.4 Å². The van der Waals surface area contributed by atoms with Crippen LogP contribution >= 0.6 is 0 Å². The Morgan fingerprint density at radius 1 is 0.923 bits per heavy atom. The van der Waals surface area contributed by atoms with Crippen molar-refractivity contribution in [3.8, 4) is 0 Å². The van der Waals surface area contributed by atoms with Crippen LogP contribution in [0.4, 0.5) is 0 Å². The summed E-state index contributed by atoms with van der Waals surface area (Å²) in [6.45, 7) is 2.75. The van der Waals surface area contributed by atoms with Gasteiger partial charge < -0.3 is 14.6 Å². The molecule has 0 unspecified atom stereocenters. The summed E-state index contributed by atoms with van der Waals surface area (Å²) in [7, 11) is 0. The van der Waals surface area contributed by atoms with Crippen LogP contribution in [0.1, 0.15) is 96.8 Å². The quantitative estimate of drug-likeness (QED) is 0.214. The molecule has 1 fully saturated rings. The summed E-state index contributed by atoms with van der Waals surface area (Å²) in [5, 5.41) is 9.23. The fraction of sp³-hybridized carbons (Fsp3) is 0.864. The molecule has 0 aromatic carbocycles. The number of carbonyl (C=O) groups excluding carboxylic acids is 1. The highest BCUT2D eigenvalue weighted by Crippen LogP contribution is 2.22. The van der Waals surface area contributed by atoms with Crippen molar-refractivity contribution in [3.05, 3.63) is 12.2 Å². The number of unbranched alkanes of at least 4 members (excludes halogenated alkanes) is 11. The van der Waals surface area contributed by atoms with Gasteiger partial charge in [0.1, 0.15) is 0 Å². The van der Waals surface area contributed by atoms with Crippen molar-refractivity contribution < 1.29 is 19.4 Å². The van der Waals surface area contributed by atoms with Gasteiger partial charge in [0.25, 0.3) is 0 Å². The molecule has 0 aliphatic carbocycles. The van der Waals surface area contributed by atoms with Crippen LogP contribution in [-0.4, -0.2) is 36.5 Å². The van der Waals surface area contributed by atoms with Crippen molar-refractivity contribution in [3.63, 3.8) is 0 Å². The van der Waals surface area contributed by atoms with Crippen molar-refractivity contribution in [1.82, 2.24) is 0 Å². The van der Waals surface area contributed by atoms with E-state index in [4.69, 9.17) is 9.47 Å². The van der Waals surface area contributed by atoms with E-state index in [0.29, 0.717) is 19.6 Å². The van der Waals surface area contributed by atoms with Crippen LogP contribution in [0, 0.1) is 0 Å². The van der Waals surface area contributed by atoms with E-state index in [-0.39, 0.29) is 12.6 Å². The topological polar surface area (TPSA) is 55.8 Å².